The van der Waals surface area contributed by atoms with Crippen molar-refractivity contribution in [2.45, 2.75) is 13.8 Å². The minimum atomic E-state index is -0.414. The second-order valence-corrected chi connectivity index (χ2v) is 3.11. The van der Waals surface area contributed by atoms with Crippen LogP contribution in [0.5, 0.6) is 0 Å². The zero-order valence-corrected chi connectivity index (χ0v) is 8.60. The zero-order valence-electron chi connectivity index (χ0n) is 8.60. The van der Waals surface area contributed by atoms with E-state index in [0.717, 1.165) is 5.69 Å². The summed E-state index contributed by atoms with van der Waals surface area (Å²) >= 11 is 0. The SMILES string of the molecule is CCOC(=O)c1nccn2nc(C)cc12. The Morgan fingerprint density at radius 2 is 2.40 bits per heavy atom. The lowest BCUT2D eigenvalue weighted by molar-refractivity contribution is 0.0521. The van der Waals surface area contributed by atoms with Gasteiger partial charge in [0.2, 0.25) is 0 Å². The molecule has 0 unspecified atom stereocenters. The topological polar surface area (TPSA) is 56.5 Å². The first kappa shape index (κ1) is 9.64. The van der Waals surface area contributed by atoms with Crippen molar-refractivity contribution < 1.29 is 9.53 Å². The van der Waals surface area contributed by atoms with Gasteiger partial charge >= 0.3 is 5.97 Å². The molecule has 0 aliphatic rings. The lowest BCUT2D eigenvalue weighted by Crippen LogP contribution is -2.08. The van der Waals surface area contributed by atoms with Gasteiger partial charge in [0.15, 0.2) is 5.69 Å². The van der Waals surface area contributed by atoms with Crippen LogP contribution in [-0.2, 0) is 4.74 Å². The van der Waals surface area contributed by atoms with Gasteiger partial charge in [-0.25, -0.2) is 14.3 Å². The number of carbonyl (C=O) groups is 1. The maximum Gasteiger partial charge on any atom is 0.359 e. The molecule has 15 heavy (non-hydrogen) atoms. The first-order valence-electron chi connectivity index (χ1n) is 4.70. The number of hydrogen-bond acceptors (Lipinski definition) is 4. The number of ether oxygens (including phenoxy) is 1. The van der Waals surface area contributed by atoms with Gasteiger partial charge < -0.3 is 4.74 Å². The number of rotatable bonds is 2. The molecule has 78 valence electrons. The van der Waals surface area contributed by atoms with Crippen LogP contribution in [0.25, 0.3) is 5.52 Å². The van der Waals surface area contributed by atoms with E-state index in [0.29, 0.717) is 17.8 Å². The number of aryl methyl sites for hydroxylation is 1. The van der Waals surface area contributed by atoms with E-state index in [1.165, 1.54) is 6.20 Å². The maximum atomic E-state index is 11.5. The molecular formula is C10H11N3O2. The van der Waals surface area contributed by atoms with Crippen molar-refractivity contribution >= 4 is 11.5 Å². The molecule has 0 bridgehead atoms. The highest BCUT2D eigenvalue weighted by molar-refractivity contribution is 5.94. The van der Waals surface area contributed by atoms with Crippen LogP contribution in [0, 0.1) is 6.92 Å². The average Bonchev–Trinajstić information content (AvgIpc) is 2.57. The highest BCUT2D eigenvalue weighted by Crippen LogP contribution is 2.10. The molecule has 0 saturated carbocycles. The summed E-state index contributed by atoms with van der Waals surface area (Å²) in [6.45, 7) is 3.97. The standard InChI is InChI=1S/C10H11N3O2/c1-3-15-10(14)9-8-6-7(2)12-13(8)5-4-11-9/h4-6H,3H2,1-2H3. The number of esters is 1. The summed E-state index contributed by atoms with van der Waals surface area (Å²) in [7, 11) is 0. The quantitative estimate of drug-likeness (QED) is 0.691. The van der Waals surface area contributed by atoms with Gasteiger partial charge in [0.25, 0.3) is 0 Å². The molecule has 5 heteroatoms. The van der Waals surface area contributed by atoms with Crippen molar-refractivity contribution in [3.05, 3.63) is 29.8 Å². The third-order valence-electron chi connectivity index (χ3n) is 1.98. The number of carbonyl (C=O) groups excluding carboxylic acids is 1. The molecule has 2 aromatic rings. The Morgan fingerprint density at radius 1 is 1.60 bits per heavy atom. The Kier molecular flexibility index (Phi) is 2.37. The molecule has 0 spiro atoms. The van der Waals surface area contributed by atoms with E-state index >= 15 is 0 Å². The number of fused-ring (bicyclic) bond motifs is 1. The summed E-state index contributed by atoms with van der Waals surface area (Å²) in [6.07, 6.45) is 3.23. The molecule has 0 radical (unpaired) electrons. The molecule has 0 saturated heterocycles. The van der Waals surface area contributed by atoms with E-state index in [2.05, 4.69) is 10.1 Å². The third-order valence-corrected chi connectivity index (χ3v) is 1.98. The van der Waals surface area contributed by atoms with Crippen LogP contribution in [0.3, 0.4) is 0 Å². The van der Waals surface area contributed by atoms with Crippen molar-refractivity contribution in [3.63, 3.8) is 0 Å². The highest BCUT2D eigenvalue weighted by atomic mass is 16.5. The van der Waals surface area contributed by atoms with Crippen LogP contribution in [0.4, 0.5) is 0 Å². The number of hydrogen-bond donors (Lipinski definition) is 0. The molecule has 0 aliphatic carbocycles. The lowest BCUT2D eigenvalue weighted by Gasteiger charge is -2.01. The molecular weight excluding hydrogens is 194 g/mol. The van der Waals surface area contributed by atoms with Gasteiger partial charge in [-0.05, 0) is 19.9 Å². The lowest BCUT2D eigenvalue weighted by atomic mass is 10.3. The normalized spacial score (nSPS) is 10.5. The van der Waals surface area contributed by atoms with Crippen molar-refractivity contribution in [2.24, 2.45) is 0 Å². The Labute approximate surface area is 86.7 Å². The van der Waals surface area contributed by atoms with Crippen LogP contribution in [0.1, 0.15) is 23.1 Å². The molecule has 2 rings (SSSR count). The fraction of sp³-hybridized carbons (Fsp3) is 0.300. The van der Waals surface area contributed by atoms with E-state index in [1.807, 2.05) is 6.92 Å². The maximum absolute atomic E-state index is 11.5. The average molecular weight is 205 g/mol. The Hall–Kier alpha value is -1.91. The first-order chi connectivity index (χ1) is 7.22. The molecule has 2 heterocycles. The summed E-state index contributed by atoms with van der Waals surface area (Å²) in [5.74, 6) is -0.414. The van der Waals surface area contributed by atoms with Crippen LogP contribution < -0.4 is 0 Å². The smallest absolute Gasteiger partial charge is 0.359 e. The van der Waals surface area contributed by atoms with E-state index in [1.54, 1.807) is 23.7 Å². The van der Waals surface area contributed by atoms with E-state index < -0.39 is 5.97 Å². The minimum absolute atomic E-state index is 0.306. The summed E-state index contributed by atoms with van der Waals surface area (Å²) in [4.78, 5) is 15.5. The third kappa shape index (κ3) is 1.68. The molecule has 0 N–H and O–H groups in total. The first-order valence-corrected chi connectivity index (χ1v) is 4.70. The van der Waals surface area contributed by atoms with Gasteiger partial charge in [-0.3, -0.25) is 0 Å². The Morgan fingerprint density at radius 3 is 3.13 bits per heavy atom. The van der Waals surface area contributed by atoms with Gasteiger partial charge in [0, 0.05) is 12.4 Å². The number of nitrogens with zero attached hydrogens (tertiary/aromatic N) is 3. The van der Waals surface area contributed by atoms with Crippen molar-refractivity contribution in [2.75, 3.05) is 6.61 Å². The summed E-state index contributed by atoms with van der Waals surface area (Å²) in [5, 5.41) is 4.19. The molecule has 0 aliphatic heterocycles. The second-order valence-electron chi connectivity index (χ2n) is 3.11. The monoisotopic (exact) mass is 205 g/mol. The van der Waals surface area contributed by atoms with Gasteiger partial charge in [0.05, 0.1) is 17.8 Å². The highest BCUT2D eigenvalue weighted by Gasteiger charge is 2.13. The van der Waals surface area contributed by atoms with Gasteiger partial charge in [-0.15, -0.1) is 0 Å². The molecule has 2 aromatic heterocycles. The van der Waals surface area contributed by atoms with Crippen molar-refractivity contribution in [1.82, 2.24) is 14.6 Å². The van der Waals surface area contributed by atoms with Crippen LogP contribution >= 0.6 is 0 Å². The Balaban J connectivity index is 2.55. The van der Waals surface area contributed by atoms with Crippen LogP contribution in [0.15, 0.2) is 18.5 Å². The minimum Gasteiger partial charge on any atom is -0.461 e. The van der Waals surface area contributed by atoms with Gasteiger partial charge in [-0.2, -0.15) is 5.10 Å². The van der Waals surface area contributed by atoms with E-state index in [4.69, 9.17) is 4.74 Å². The molecule has 0 atom stereocenters. The van der Waals surface area contributed by atoms with Crippen LogP contribution in [0.2, 0.25) is 0 Å². The van der Waals surface area contributed by atoms with E-state index in [9.17, 15) is 4.79 Å². The number of aromatic nitrogens is 3. The van der Waals surface area contributed by atoms with Gasteiger partial charge in [-0.1, -0.05) is 0 Å². The van der Waals surface area contributed by atoms with Crippen molar-refractivity contribution in [3.8, 4) is 0 Å². The fourth-order valence-electron chi connectivity index (χ4n) is 1.40. The predicted molar refractivity (Wildman–Crippen MR) is 53.7 cm³/mol. The zero-order chi connectivity index (χ0) is 10.8. The van der Waals surface area contributed by atoms with Crippen LogP contribution in [-0.4, -0.2) is 27.2 Å². The second kappa shape index (κ2) is 3.68. The van der Waals surface area contributed by atoms with Gasteiger partial charge in [0.1, 0.15) is 0 Å². The summed E-state index contributed by atoms with van der Waals surface area (Å²) in [5.41, 5.74) is 1.82. The molecule has 0 fully saturated rings. The largest absolute Gasteiger partial charge is 0.461 e. The Bertz CT molecular complexity index is 504. The summed E-state index contributed by atoms with van der Waals surface area (Å²) in [6, 6.07) is 1.80. The fourth-order valence-corrected chi connectivity index (χ4v) is 1.40. The predicted octanol–water partition coefficient (Wildman–Crippen LogP) is 1.21. The molecule has 0 aromatic carbocycles. The summed E-state index contributed by atoms with van der Waals surface area (Å²) < 4.78 is 6.52. The van der Waals surface area contributed by atoms with E-state index in [-0.39, 0.29) is 0 Å². The molecule has 0 amide bonds. The van der Waals surface area contributed by atoms with Crippen molar-refractivity contribution in [1.29, 1.82) is 0 Å². The molecule has 5 nitrogen and oxygen atoms in total.